The lowest BCUT2D eigenvalue weighted by Crippen LogP contribution is -2.49. The molecule has 7 nitrogen and oxygen atoms in total. The Morgan fingerprint density at radius 2 is 1.67 bits per heavy atom. The molecule has 0 N–H and O–H groups in total. The molecule has 0 radical (unpaired) electrons. The van der Waals surface area contributed by atoms with Crippen LogP contribution in [0.25, 0.3) is 11.4 Å². The molecule has 1 amide bonds. The van der Waals surface area contributed by atoms with Gasteiger partial charge in [-0.2, -0.15) is 4.98 Å². The summed E-state index contributed by atoms with van der Waals surface area (Å²) in [5.41, 5.74) is 6.01. The molecule has 0 atom stereocenters. The molecule has 3 aromatic rings. The maximum absolute atomic E-state index is 12.8. The van der Waals surface area contributed by atoms with Crippen LogP contribution in [0.1, 0.15) is 43.2 Å². The Hall–Kier alpha value is -3.35. The van der Waals surface area contributed by atoms with Crippen molar-refractivity contribution < 1.29 is 9.32 Å². The zero-order chi connectivity index (χ0) is 25.1. The minimum atomic E-state index is 0.149. The Labute approximate surface area is 214 Å². The molecule has 2 aliphatic rings. The summed E-state index contributed by atoms with van der Waals surface area (Å²) in [7, 11) is 0. The number of carbonyl (C=O) groups is 1. The molecule has 2 aliphatic heterocycles. The van der Waals surface area contributed by atoms with Crippen LogP contribution in [0, 0.1) is 19.8 Å². The van der Waals surface area contributed by atoms with Crippen molar-refractivity contribution in [1.29, 1.82) is 0 Å². The van der Waals surface area contributed by atoms with Crippen LogP contribution in [-0.4, -0.2) is 60.2 Å². The van der Waals surface area contributed by atoms with E-state index in [1.54, 1.807) is 0 Å². The topological polar surface area (TPSA) is 65.7 Å². The number of anilines is 2. The van der Waals surface area contributed by atoms with Gasteiger partial charge in [0.15, 0.2) is 0 Å². The SMILES string of the molecule is Cc1ccc(C)c(N2CCN(C(=O)CCc3nc(-c4ccc(N5CCC(C)CC5)cc4)no3)CC2)c1. The van der Waals surface area contributed by atoms with Crippen molar-refractivity contribution in [3.63, 3.8) is 0 Å². The van der Waals surface area contributed by atoms with Crippen LogP contribution in [0.3, 0.4) is 0 Å². The second-order valence-corrected chi connectivity index (χ2v) is 10.4. The highest BCUT2D eigenvalue weighted by atomic mass is 16.5. The highest BCUT2D eigenvalue weighted by molar-refractivity contribution is 5.76. The third-order valence-electron chi connectivity index (χ3n) is 7.63. The summed E-state index contributed by atoms with van der Waals surface area (Å²) in [6, 6.07) is 15.0. The molecule has 2 aromatic carbocycles. The lowest BCUT2D eigenvalue weighted by Gasteiger charge is -2.37. The normalized spacial score (nSPS) is 17.0. The molecule has 36 heavy (non-hydrogen) atoms. The third kappa shape index (κ3) is 5.55. The van der Waals surface area contributed by atoms with Gasteiger partial charge >= 0.3 is 0 Å². The van der Waals surface area contributed by atoms with Gasteiger partial charge in [0, 0.05) is 69.0 Å². The number of hydrogen-bond donors (Lipinski definition) is 0. The van der Waals surface area contributed by atoms with E-state index in [1.807, 2.05) is 4.90 Å². The quantitative estimate of drug-likeness (QED) is 0.494. The summed E-state index contributed by atoms with van der Waals surface area (Å²) in [4.78, 5) is 24.2. The number of aryl methyl sites for hydroxylation is 3. The zero-order valence-electron chi connectivity index (χ0n) is 21.7. The number of amides is 1. The minimum Gasteiger partial charge on any atom is -0.372 e. The Kier molecular flexibility index (Phi) is 7.25. The average Bonchev–Trinajstić information content (AvgIpc) is 3.38. The number of benzene rings is 2. The second kappa shape index (κ2) is 10.7. The fraction of sp³-hybridized carbons (Fsp3) is 0.483. The number of piperidine rings is 1. The fourth-order valence-corrected chi connectivity index (χ4v) is 5.19. The highest BCUT2D eigenvalue weighted by Crippen LogP contribution is 2.26. The van der Waals surface area contributed by atoms with E-state index in [4.69, 9.17) is 4.52 Å². The number of nitrogens with zero attached hydrogens (tertiary/aromatic N) is 5. The van der Waals surface area contributed by atoms with Crippen molar-refractivity contribution >= 4 is 17.3 Å². The summed E-state index contributed by atoms with van der Waals surface area (Å²) in [6.45, 7) is 12.0. The average molecular weight is 488 g/mol. The summed E-state index contributed by atoms with van der Waals surface area (Å²) in [5, 5.41) is 4.16. The van der Waals surface area contributed by atoms with Crippen LogP contribution in [0.15, 0.2) is 47.0 Å². The van der Waals surface area contributed by atoms with Gasteiger partial charge in [0.05, 0.1) is 0 Å². The molecule has 1 aromatic heterocycles. The minimum absolute atomic E-state index is 0.149. The predicted octanol–water partition coefficient (Wildman–Crippen LogP) is 4.87. The summed E-state index contributed by atoms with van der Waals surface area (Å²) in [6.07, 6.45) is 3.35. The predicted molar refractivity (Wildman–Crippen MR) is 143 cm³/mol. The van der Waals surface area contributed by atoms with Crippen LogP contribution < -0.4 is 9.80 Å². The Bertz CT molecular complexity index is 1170. The lowest BCUT2D eigenvalue weighted by molar-refractivity contribution is -0.131. The molecule has 7 heteroatoms. The first-order valence-electron chi connectivity index (χ1n) is 13.2. The van der Waals surface area contributed by atoms with Crippen molar-refractivity contribution in [2.24, 2.45) is 5.92 Å². The van der Waals surface area contributed by atoms with E-state index in [0.717, 1.165) is 50.7 Å². The molecule has 3 heterocycles. The second-order valence-electron chi connectivity index (χ2n) is 10.4. The molecule has 2 saturated heterocycles. The van der Waals surface area contributed by atoms with Crippen LogP contribution in [0.4, 0.5) is 11.4 Å². The van der Waals surface area contributed by atoms with Gasteiger partial charge in [0.1, 0.15) is 0 Å². The standard InChI is InChI=1S/C29H37N5O2/c1-21-12-14-32(15-13-21)25-8-6-24(7-9-25)29-30-27(36-31-29)10-11-28(35)34-18-16-33(17-19-34)26-20-22(2)4-5-23(26)3/h4-9,20-21H,10-19H2,1-3H3. The third-order valence-corrected chi connectivity index (χ3v) is 7.63. The van der Waals surface area contributed by atoms with Gasteiger partial charge in [-0.05, 0) is 74.1 Å². The van der Waals surface area contributed by atoms with Gasteiger partial charge in [-0.3, -0.25) is 4.79 Å². The molecule has 0 aliphatic carbocycles. The molecule has 0 unspecified atom stereocenters. The molecule has 0 bridgehead atoms. The first-order valence-corrected chi connectivity index (χ1v) is 13.2. The molecular formula is C29H37N5O2. The smallest absolute Gasteiger partial charge is 0.227 e. The van der Waals surface area contributed by atoms with Crippen molar-refractivity contribution in [2.75, 3.05) is 49.1 Å². The number of hydrogen-bond acceptors (Lipinski definition) is 6. The summed E-state index contributed by atoms with van der Waals surface area (Å²) < 4.78 is 5.46. The highest BCUT2D eigenvalue weighted by Gasteiger charge is 2.23. The number of carbonyl (C=O) groups excluding carboxylic acids is 1. The van der Waals surface area contributed by atoms with Gasteiger partial charge in [-0.25, -0.2) is 0 Å². The summed E-state index contributed by atoms with van der Waals surface area (Å²) in [5.74, 6) is 2.06. The number of piperazine rings is 1. The largest absolute Gasteiger partial charge is 0.372 e. The Morgan fingerprint density at radius 1 is 0.944 bits per heavy atom. The first kappa shape index (κ1) is 24.3. The number of aromatic nitrogens is 2. The first-order chi connectivity index (χ1) is 17.5. The monoisotopic (exact) mass is 487 g/mol. The van der Waals surface area contributed by atoms with E-state index < -0.39 is 0 Å². The fourth-order valence-electron chi connectivity index (χ4n) is 5.19. The van der Waals surface area contributed by atoms with E-state index in [-0.39, 0.29) is 5.91 Å². The Morgan fingerprint density at radius 3 is 2.39 bits per heavy atom. The van der Waals surface area contributed by atoms with Crippen LogP contribution >= 0.6 is 0 Å². The van der Waals surface area contributed by atoms with Crippen molar-refractivity contribution in [2.45, 2.75) is 46.5 Å². The van der Waals surface area contributed by atoms with Gasteiger partial charge in [0.2, 0.25) is 17.6 Å². The van der Waals surface area contributed by atoms with Gasteiger partial charge in [0.25, 0.3) is 0 Å². The van der Waals surface area contributed by atoms with Crippen molar-refractivity contribution in [3.05, 3.63) is 59.5 Å². The van der Waals surface area contributed by atoms with Gasteiger partial charge < -0.3 is 19.2 Å². The Balaban J connectivity index is 1.11. The molecule has 2 fully saturated rings. The van der Waals surface area contributed by atoms with Gasteiger partial charge in [-0.1, -0.05) is 24.2 Å². The van der Waals surface area contributed by atoms with Crippen LogP contribution in [0.5, 0.6) is 0 Å². The number of rotatable bonds is 6. The molecule has 5 rings (SSSR count). The van der Waals surface area contributed by atoms with Gasteiger partial charge in [-0.15, -0.1) is 0 Å². The van der Waals surface area contributed by atoms with Crippen LogP contribution in [0.2, 0.25) is 0 Å². The van der Waals surface area contributed by atoms with Crippen molar-refractivity contribution in [3.8, 4) is 11.4 Å². The van der Waals surface area contributed by atoms with E-state index in [2.05, 4.69) is 83.2 Å². The van der Waals surface area contributed by atoms with E-state index in [1.165, 1.54) is 35.3 Å². The summed E-state index contributed by atoms with van der Waals surface area (Å²) >= 11 is 0. The van der Waals surface area contributed by atoms with E-state index in [0.29, 0.717) is 24.6 Å². The molecular weight excluding hydrogens is 450 g/mol. The lowest BCUT2D eigenvalue weighted by atomic mass is 9.98. The van der Waals surface area contributed by atoms with E-state index in [9.17, 15) is 4.79 Å². The van der Waals surface area contributed by atoms with E-state index >= 15 is 0 Å². The van der Waals surface area contributed by atoms with Crippen molar-refractivity contribution in [1.82, 2.24) is 15.0 Å². The maximum atomic E-state index is 12.8. The van der Waals surface area contributed by atoms with Crippen LogP contribution in [-0.2, 0) is 11.2 Å². The molecule has 0 spiro atoms. The molecule has 190 valence electrons. The molecule has 0 saturated carbocycles. The zero-order valence-corrected chi connectivity index (χ0v) is 21.7. The maximum Gasteiger partial charge on any atom is 0.227 e.